The predicted molar refractivity (Wildman–Crippen MR) is 182 cm³/mol. The van der Waals surface area contributed by atoms with Gasteiger partial charge in [0.15, 0.2) is 11.2 Å². The molecule has 2 amide bonds. The van der Waals surface area contributed by atoms with Gasteiger partial charge in [-0.05, 0) is 69.8 Å². The van der Waals surface area contributed by atoms with Crippen LogP contribution >= 0.6 is 0 Å². The maximum atomic E-state index is 14.8. The number of hydrogen-bond acceptors (Lipinski definition) is 5. The highest BCUT2D eigenvalue weighted by atomic mass is 32.2. The van der Waals surface area contributed by atoms with Gasteiger partial charge in [0.2, 0.25) is 5.91 Å². The van der Waals surface area contributed by atoms with Crippen LogP contribution < -0.4 is 9.46 Å². The minimum absolute atomic E-state index is 0.0552. The molecule has 1 saturated heterocycles. The lowest BCUT2D eigenvalue weighted by Crippen LogP contribution is -2.58. The summed E-state index contributed by atoms with van der Waals surface area (Å²) in [5.74, 6) is 1.14. The van der Waals surface area contributed by atoms with E-state index in [0.717, 1.165) is 47.0 Å². The summed E-state index contributed by atoms with van der Waals surface area (Å²) in [5.41, 5.74) is 5.63. The smallest absolute Gasteiger partial charge is 0.264 e. The zero-order valence-corrected chi connectivity index (χ0v) is 28.8. The van der Waals surface area contributed by atoms with E-state index < -0.39 is 16.6 Å². The Morgan fingerprint density at radius 1 is 1.02 bits per heavy atom. The standard InChI is InChI=1S/C36H47N5O4S/c1-22-19-40(20-23(2)39(22)5)35(43)36-18-28(36)32-27(13-10-14-30(32)45-6)33-31(24-11-8-7-9-12-24)26-16-15-25(17-29(26)41(33)21-36)34(42)37-46(44)38(3)4/h10,13-17,22-24,28H,7-9,11-12,18-21H2,1-6H3,(H,37,42)/t22-,23+,28?,36?,46?. The first-order chi connectivity index (χ1) is 22.1. The topological polar surface area (TPSA) is 87.1 Å². The molecule has 7 rings (SSSR count). The van der Waals surface area contributed by atoms with Gasteiger partial charge in [0, 0.05) is 79.3 Å². The third-order valence-electron chi connectivity index (χ3n) is 11.4. The van der Waals surface area contributed by atoms with Crippen molar-refractivity contribution in [1.82, 2.24) is 23.4 Å². The molecular weight excluding hydrogens is 598 g/mol. The van der Waals surface area contributed by atoms with Gasteiger partial charge in [-0.1, -0.05) is 37.5 Å². The van der Waals surface area contributed by atoms with Crippen LogP contribution in [0.2, 0.25) is 0 Å². The Labute approximate surface area is 275 Å². The fourth-order valence-electron chi connectivity index (χ4n) is 8.62. The molecule has 246 valence electrons. The van der Waals surface area contributed by atoms with Crippen LogP contribution in [-0.2, 0) is 22.5 Å². The van der Waals surface area contributed by atoms with E-state index in [2.05, 4.69) is 58.2 Å². The molecule has 2 aliphatic carbocycles. The van der Waals surface area contributed by atoms with Gasteiger partial charge in [0.05, 0.1) is 18.2 Å². The predicted octanol–water partition coefficient (Wildman–Crippen LogP) is 5.27. The number of likely N-dealkylation sites (N-methyl/N-ethyl adjacent to an activating group) is 1. The molecule has 0 spiro atoms. The summed E-state index contributed by atoms with van der Waals surface area (Å²) in [6.07, 6.45) is 6.67. The summed E-state index contributed by atoms with van der Waals surface area (Å²) in [7, 11) is 7.21. The van der Waals surface area contributed by atoms with Crippen molar-refractivity contribution in [3.8, 4) is 17.0 Å². The van der Waals surface area contributed by atoms with Gasteiger partial charge in [-0.25, -0.2) is 8.51 Å². The second kappa shape index (κ2) is 11.8. The number of nitrogens with zero attached hydrogens (tertiary/aromatic N) is 4. The van der Waals surface area contributed by atoms with E-state index in [4.69, 9.17) is 4.74 Å². The van der Waals surface area contributed by atoms with Crippen LogP contribution in [0, 0.1) is 5.41 Å². The maximum Gasteiger partial charge on any atom is 0.264 e. The molecule has 3 heterocycles. The molecule has 9 nitrogen and oxygen atoms in total. The summed E-state index contributed by atoms with van der Waals surface area (Å²) in [4.78, 5) is 32.7. The van der Waals surface area contributed by atoms with Crippen molar-refractivity contribution in [3.05, 3.63) is 53.1 Å². The van der Waals surface area contributed by atoms with E-state index in [9.17, 15) is 13.8 Å². The van der Waals surface area contributed by atoms with Crippen molar-refractivity contribution < 1.29 is 18.5 Å². The summed E-state index contributed by atoms with van der Waals surface area (Å²) in [6, 6.07) is 12.8. The van der Waals surface area contributed by atoms with E-state index in [1.165, 1.54) is 34.8 Å². The van der Waals surface area contributed by atoms with Gasteiger partial charge in [0.1, 0.15) is 5.75 Å². The molecule has 0 radical (unpaired) electrons. The largest absolute Gasteiger partial charge is 0.496 e. The Hall–Kier alpha value is -3.21. The monoisotopic (exact) mass is 645 g/mol. The highest BCUT2D eigenvalue weighted by molar-refractivity contribution is 7.81. The molecule has 4 aliphatic rings. The minimum atomic E-state index is -1.64. The van der Waals surface area contributed by atoms with E-state index in [0.29, 0.717) is 31.1 Å². The Kier molecular flexibility index (Phi) is 8.05. The number of amides is 2. The summed E-state index contributed by atoms with van der Waals surface area (Å²) >= 11 is -1.64. The van der Waals surface area contributed by atoms with Gasteiger partial charge in [-0.3, -0.25) is 19.2 Å². The fraction of sp³-hybridized carbons (Fsp3) is 0.556. The molecular formula is C36H47N5O4S. The average molecular weight is 646 g/mol. The van der Waals surface area contributed by atoms with Crippen LogP contribution in [0.4, 0.5) is 0 Å². The van der Waals surface area contributed by atoms with Crippen molar-refractivity contribution in [2.24, 2.45) is 5.41 Å². The van der Waals surface area contributed by atoms with Crippen LogP contribution in [0.5, 0.6) is 5.75 Å². The van der Waals surface area contributed by atoms with E-state index in [-0.39, 0.29) is 29.8 Å². The summed E-state index contributed by atoms with van der Waals surface area (Å²) in [5, 5.41) is 1.14. The molecule has 10 heteroatoms. The maximum absolute atomic E-state index is 14.8. The molecule has 46 heavy (non-hydrogen) atoms. The van der Waals surface area contributed by atoms with Gasteiger partial charge >= 0.3 is 0 Å². The molecule has 3 unspecified atom stereocenters. The van der Waals surface area contributed by atoms with Crippen LogP contribution in [0.1, 0.15) is 85.7 Å². The molecule has 5 atom stereocenters. The van der Waals surface area contributed by atoms with Gasteiger partial charge < -0.3 is 14.2 Å². The molecule has 1 N–H and O–H groups in total. The quantitative estimate of drug-likeness (QED) is 0.395. The van der Waals surface area contributed by atoms with E-state index >= 15 is 0 Å². The summed E-state index contributed by atoms with van der Waals surface area (Å²) < 4.78 is 25.0. The normalized spacial score (nSPS) is 27.0. The van der Waals surface area contributed by atoms with Crippen LogP contribution in [0.15, 0.2) is 36.4 Å². The number of rotatable bonds is 6. The van der Waals surface area contributed by atoms with Crippen LogP contribution in [-0.4, -0.2) is 88.1 Å². The van der Waals surface area contributed by atoms with E-state index in [1.807, 2.05) is 18.2 Å². The first kappa shape index (κ1) is 31.4. The molecule has 2 saturated carbocycles. The molecule has 0 bridgehead atoms. The Morgan fingerprint density at radius 3 is 2.41 bits per heavy atom. The van der Waals surface area contributed by atoms with E-state index in [1.54, 1.807) is 21.2 Å². The molecule has 2 aromatic carbocycles. The average Bonchev–Trinajstić information content (AvgIpc) is 3.72. The number of benzene rings is 2. The fourth-order valence-corrected chi connectivity index (χ4v) is 9.08. The number of piperazine rings is 1. The first-order valence-corrected chi connectivity index (χ1v) is 17.9. The Bertz CT molecular complexity index is 1720. The Balaban J connectivity index is 1.43. The highest BCUT2D eigenvalue weighted by Gasteiger charge is 2.65. The second-order valence-corrected chi connectivity index (χ2v) is 15.7. The van der Waals surface area contributed by atoms with Crippen LogP contribution in [0.25, 0.3) is 22.2 Å². The number of ether oxygens (including phenoxy) is 1. The SMILES string of the molecule is COc1cccc2c1C1CC1(C(=O)N1C[C@@H](C)N(C)[C@@H](C)C1)Cn1c-2c(C2CCCCC2)c2ccc(C(=O)NS(=O)N(C)C)cc21. The number of carbonyl (C=O) groups excluding carboxylic acids is 2. The molecule has 3 fully saturated rings. The molecule has 1 aromatic heterocycles. The molecule has 2 aliphatic heterocycles. The number of nitrogens with one attached hydrogen (secondary N) is 1. The Morgan fingerprint density at radius 2 is 1.74 bits per heavy atom. The third-order valence-corrected chi connectivity index (χ3v) is 12.4. The summed E-state index contributed by atoms with van der Waals surface area (Å²) in [6.45, 7) is 6.39. The second-order valence-electron chi connectivity index (χ2n) is 14.3. The van der Waals surface area contributed by atoms with Crippen molar-refractivity contribution in [2.75, 3.05) is 41.3 Å². The number of fused-ring (bicyclic) bond motifs is 7. The molecule has 3 aromatic rings. The lowest BCUT2D eigenvalue weighted by atomic mass is 9.81. The zero-order valence-electron chi connectivity index (χ0n) is 28.0. The lowest BCUT2D eigenvalue weighted by Gasteiger charge is -2.43. The highest BCUT2D eigenvalue weighted by Crippen LogP contribution is 2.67. The van der Waals surface area contributed by atoms with Gasteiger partial charge in [-0.2, -0.15) is 0 Å². The van der Waals surface area contributed by atoms with Crippen LogP contribution in [0.3, 0.4) is 0 Å². The van der Waals surface area contributed by atoms with Crippen molar-refractivity contribution in [3.63, 3.8) is 0 Å². The number of aromatic nitrogens is 1. The van der Waals surface area contributed by atoms with Crippen molar-refractivity contribution in [2.45, 2.75) is 82.8 Å². The van der Waals surface area contributed by atoms with Gasteiger partial charge in [-0.15, -0.1) is 0 Å². The number of methoxy groups -OCH3 is 1. The van der Waals surface area contributed by atoms with Crippen molar-refractivity contribution in [1.29, 1.82) is 0 Å². The zero-order chi connectivity index (χ0) is 32.5. The first-order valence-electron chi connectivity index (χ1n) is 16.8. The third kappa shape index (κ3) is 4.99. The number of hydrogen-bond donors (Lipinski definition) is 1. The number of carbonyl (C=O) groups is 2. The van der Waals surface area contributed by atoms with Gasteiger partial charge in [0.25, 0.3) is 5.91 Å². The minimum Gasteiger partial charge on any atom is -0.496 e. The van der Waals surface area contributed by atoms with Crippen molar-refractivity contribution >= 4 is 33.9 Å². The lowest BCUT2D eigenvalue weighted by molar-refractivity contribution is -0.141.